The summed E-state index contributed by atoms with van der Waals surface area (Å²) < 4.78 is 28.7. The highest BCUT2D eigenvalue weighted by Gasteiger charge is 2.29. The summed E-state index contributed by atoms with van der Waals surface area (Å²) in [4.78, 5) is 23.6. The fraction of sp³-hybridized carbons (Fsp3) is 0.292. The van der Waals surface area contributed by atoms with E-state index in [1.165, 1.54) is 17.2 Å². The van der Waals surface area contributed by atoms with Gasteiger partial charge in [-0.05, 0) is 53.6 Å². The summed E-state index contributed by atoms with van der Waals surface area (Å²) in [5.41, 5.74) is 1.86. The van der Waals surface area contributed by atoms with Gasteiger partial charge in [-0.3, -0.25) is 14.4 Å². The molecule has 2 aromatic heterocycles. The molecule has 9 heteroatoms. The second-order valence-corrected chi connectivity index (χ2v) is 11.1. The van der Waals surface area contributed by atoms with Crippen molar-refractivity contribution < 1.29 is 13.2 Å². The minimum atomic E-state index is -3.97. The number of amides is 1. The number of anilines is 2. The van der Waals surface area contributed by atoms with Gasteiger partial charge in [0.1, 0.15) is 5.82 Å². The van der Waals surface area contributed by atoms with Crippen molar-refractivity contribution in [3.05, 3.63) is 76.7 Å². The van der Waals surface area contributed by atoms with E-state index in [-0.39, 0.29) is 26.7 Å². The number of pyridine rings is 2. The average Bonchev–Trinajstić information content (AvgIpc) is 2.77. The van der Waals surface area contributed by atoms with Crippen molar-refractivity contribution in [2.45, 2.75) is 43.9 Å². The lowest BCUT2D eigenvalue weighted by Gasteiger charge is -2.28. The molecule has 1 aliphatic rings. The maximum atomic E-state index is 13.4. The average molecular weight is 485 g/mol. The van der Waals surface area contributed by atoms with Crippen molar-refractivity contribution in [2.24, 2.45) is 0 Å². The molecule has 0 aliphatic carbocycles. The summed E-state index contributed by atoms with van der Waals surface area (Å²) >= 11 is 6.10. The predicted molar refractivity (Wildman–Crippen MR) is 129 cm³/mol. The molecule has 0 saturated carbocycles. The highest BCUT2D eigenvalue weighted by Crippen LogP contribution is 2.29. The van der Waals surface area contributed by atoms with Crippen LogP contribution < -0.4 is 9.62 Å². The zero-order valence-corrected chi connectivity index (χ0v) is 20.2. The molecule has 172 valence electrons. The van der Waals surface area contributed by atoms with Crippen molar-refractivity contribution in [3.8, 4) is 0 Å². The van der Waals surface area contributed by atoms with Gasteiger partial charge in [-0.2, -0.15) is 0 Å². The number of aryl methyl sites for hydroxylation is 1. The van der Waals surface area contributed by atoms with E-state index in [2.05, 4.69) is 35.5 Å². The van der Waals surface area contributed by atoms with Crippen LogP contribution in [0.15, 0.2) is 59.8 Å². The van der Waals surface area contributed by atoms with Crippen molar-refractivity contribution in [3.63, 3.8) is 0 Å². The first-order valence-corrected chi connectivity index (χ1v) is 12.5. The summed E-state index contributed by atoms with van der Waals surface area (Å²) in [7, 11) is -3.97. The topological polar surface area (TPSA) is 92.3 Å². The van der Waals surface area contributed by atoms with E-state index in [1.54, 1.807) is 30.5 Å². The van der Waals surface area contributed by atoms with Crippen LogP contribution in [-0.2, 0) is 21.9 Å². The molecule has 0 saturated heterocycles. The predicted octanol–water partition coefficient (Wildman–Crippen LogP) is 4.82. The van der Waals surface area contributed by atoms with Gasteiger partial charge in [-0.1, -0.05) is 50.6 Å². The zero-order chi connectivity index (χ0) is 23.8. The van der Waals surface area contributed by atoms with Crippen LogP contribution in [0, 0.1) is 0 Å². The Hall–Kier alpha value is -2.97. The van der Waals surface area contributed by atoms with E-state index >= 15 is 0 Å². The summed E-state index contributed by atoms with van der Waals surface area (Å²) in [6.07, 6.45) is 4.56. The number of hydrogen-bond acceptors (Lipinski definition) is 5. The number of aromatic nitrogens is 2. The monoisotopic (exact) mass is 484 g/mol. The van der Waals surface area contributed by atoms with Crippen LogP contribution in [0.4, 0.5) is 11.5 Å². The van der Waals surface area contributed by atoms with Crippen LogP contribution in [0.2, 0.25) is 5.02 Å². The Morgan fingerprint density at radius 2 is 1.85 bits per heavy atom. The molecule has 0 atom stereocenters. The van der Waals surface area contributed by atoms with Crippen LogP contribution in [0.1, 0.15) is 48.8 Å². The molecule has 0 bridgehead atoms. The molecule has 7 nitrogen and oxygen atoms in total. The number of hydrogen-bond donors (Lipinski definition) is 1. The van der Waals surface area contributed by atoms with Crippen molar-refractivity contribution in [1.29, 1.82) is 0 Å². The molecule has 0 spiro atoms. The fourth-order valence-corrected chi connectivity index (χ4v) is 4.97. The van der Waals surface area contributed by atoms with Crippen LogP contribution in [-0.4, -0.2) is 30.8 Å². The van der Waals surface area contributed by atoms with Gasteiger partial charge in [0.25, 0.3) is 15.9 Å². The number of benzene rings is 1. The van der Waals surface area contributed by atoms with Gasteiger partial charge >= 0.3 is 0 Å². The summed E-state index contributed by atoms with van der Waals surface area (Å²) in [5.74, 6) is 0.129. The van der Waals surface area contributed by atoms with Gasteiger partial charge in [0.2, 0.25) is 0 Å². The lowest BCUT2D eigenvalue weighted by Crippen LogP contribution is -2.37. The van der Waals surface area contributed by atoms with Gasteiger partial charge in [-0.15, -0.1) is 0 Å². The SMILES string of the molecule is CC(C)(C)c1ccc(S(=O)(=O)Nc2cc(Cl)cnc2C(=O)N2CCCc3cccnc32)cc1. The van der Waals surface area contributed by atoms with Gasteiger partial charge in [-0.25, -0.2) is 18.4 Å². The van der Waals surface area contributed by atoms with Crippen LogP contribution >= 0.6 is 11.6 Å². The molecule has 3 heterocycles. The molecule has 1 aliphatic heterocycles. The first-order chi connectivity index (χ1) is 15.6. The van der Waals surface area contributed by atoms with E-state index in [9.17, 15) is 13.2 Å². The maximum absolute atomic E-state index is 13.4. The summed E-state index contributed by atoms with van der Waals surface area (Å²) in [5, 5.41) is 0.212. The molecule has 33 heavy (non-hydrogen) atoms. The molecule has 0 fully saturated rings. The molecule has 0 unspecified atom stereocenters. The van der Waals surface area contributed by atoms with Gasteiger partial charge in [0.15, 0.2) is 5.69 Å². The first-order valence-electron chi connectivity index (χ1n) is 10.6. The largest absolute Gasteiger partial charge is 0.291 e. The highest BCUT2D eigenvalue weighted by molar-refractivity contribution is 7.92. The van der Waals surface area contributed by atoms with Gasteiger partial charge < -0.3 is 0 Å². The second-order valence-electron chi connectivity index (χ2n) is 8.98. The fourth-order valence-electron chi connectivity index (χ4n) is 3.75. The lowest BCUT2D eigenvalue weighted by molar-refractivity contribution is 0.0980. The Morgan fingerprint density at radius 1 is 1.12 bits per heavy atom. The molecule has 1 N–H and O–H groups in total. The van der Waals surface area contributed by atoms with Gasteiger partial charge in [0.05, 0.1) is 15.6 Å². The molecule has 3 aromatic rings. The van der Waals surface area contributed by atoms with Crippen molar-refractivity contribution >= 4 is 39.0 Å². The summed E-state index contributed by atoms with van der Waals surface area (Å²) in [6, 6.07) is 11.8. The zero-order valence-electron chi connectivity index (χ0n) is 18.7. The smallest absolute Gasteiger partial charge is 0.280 e. The number of fused-ring (bicyclic) bond motifs is 1. The molecular weight excluding hydrogens is 460 g/mol. The number of halogens is 1. The Bertz CT molecular complexity index is 1300. The van der Waals surface area contributed by atoms with Gasteiger partial charge in [0, 0.05) is 18.9 Å². The maximum Gasteiger partial charge on any atom is 0.280 e. The molecule has 1 amide bonds. The minimum Gasteiger partial charge on any atom is -0.291 e. The standard InChI is InChI=1S/C24H25ClN4O3S/c1-24(2,3)17-8-10-19(11-9-17)33(31,32)28-20-14-18(25)15-27-21(20)23(30)29-13-5-7-16-6-4-12-26-22(16)29/h4,6,8-12,14-15,28H,5,7,13H2,1-3H3. The van der Waals surface area contributed by atoms with Crippen LogP contribution in [0.5, 0.6) is 0 Å². The Labute approximate surface area is 198 Å². The van der Waals surface area contributed by atoms with Crippen molar-refractivity contribution in [1.82, 2.24) is 9.97 Å². The van der Waals surface area contributed by atoms with E-state index in [1.807, 2.05) is 12.1 Å². The molecule has 4 rings (SSSR count). The third kappa shape index (κ3) is 4.86. The lowest BCUT2D eigenvalue weighted by atomic mass is 9.87. The first kappa shape index (κ1) is 23.2. The van der Waals surface area contributed by atoms with E-state index < -0.39 is 15.9 Å². The van der Waals surface area contributed by atoms with E-state index in [0.29, 0.717) is 12.4 Å². The van der Waals surface area contributed by atoms with E-state index in [0.717, 1.165) is 24.0 Å². The number of carbonyl (C=O) groups is 1. The number of sulfonamides is 1. The van der Waals surface area contributed by atoms with E-state index in [4.69, 9.17) is 11.6 Å². The third-order valence-electron chi connectivity index (χ3n) is 5.53. The number of nitrogens with zero attached hydrogens (tertiary/aromatic N) is 3. The number of rotatable bonds is 4. The highest BCUT2D eigenvalue weighted by atomic mass is 35.5. The third-order valence-corrected chi connectivity index (χ3v) is 7.12. The summed E-state index contributed by atoms with van der Waals surface area (Å²) in [6.45, 7) is 6.63. The van der Waals surface area contributed by atoms with Crippen LogP contribution in [0.25, 0.3) is 0 Å². The quantitative estimate of drug-likeness (QED) is 0.573. The van der Waals surface area contributed by atoms with Crippen LogP contribution in [0.3, 0.4) is 0 Å². The minimum absolute atomic E-state index is 0.0236. The Kier molecular flexibility index (Phi) is 6.16. The second kappa shape index (κ2) is 8.76. The Morgan fingerprint density at radius 3 is 2.55 bits per heavy atom. The Balaban J connectivity index is 1.68. The normalized spacial score (nSPS) is 14.0. The number of nitrogens with one attached hydrogen (secondary N) is 1. The molecule has 0 radical (unpaired) electrons. The van der Waals surface area contributed by atoms with Crippen molar-refractivity contribution in [2.75, 3.05) is 16.2 Å². The number of carbonyl (C=O) groups excluding carboxylic acids is 1. The molecular formula is C24H25ClN4O3S. The molecule has 1 aromatic carbocycles.